The van der Waals surface area contributed by atoms with Crippen LogP contribution >= 0.6 is 0 Å². The minimum absolute atomic E-state index is 0.0258. The fourth-order valence-electron chi connectivity index (χ4n) is 2.50. The number of rotatable bonds is 5. The zero-order valence-electron chi connectivity index (χ0n) is 12.0. The Bertz CT molecular complexity index is 565. The summed E-state index contributed by atoms with van der Waals surface area (Å²) in [5.74, 6) is -0.532. The maximum Gasteiger partial charge on any atom is 0.243 e. The Hall–Kier alpha value is -1.02. The molecule has 7 heteroatoms. The second-order valence-corrected chi connectivity index (χ2v) is 7.14. The standard InChI is InChI=1S/C14H22FN3O2S/c15-13-4-1-5-14(12-13)21(19,20)18-9-3-8-17(10-11-18)7-2-6-16/h1,4-5,12H,2-3,6-11,16H2. The van der Waals surface area contributed by atoms with Crippen molar-refractivity contribution in [1.29, 1.82) is 0 Å². The summed E-state index contributed by atoms with van der Waals surface area (Å²) >= 11 is 0. The molecule has 0 saturated carbocycles. The Morgan fingerprint density at radius 3 is 2.71 bits per heavy atom. The molecular formula is C14H22FN3O2S. The molecule has 0 aromatic heterocycles. The van der Waals surface area contributed by atoms with Gasteiger partial charge < -0.3 is 10.6 Å². The summed E-state index contributed by atoms with van der Waals surface area (Å²) in [5, 5.41) is 0. The topological polar surface area (TPSA) is 66.6 Å². The predicted molar refractivity (Wildman–Crippen MR) is 79.9 cm³/mol. The first kappa shape index (κ1) is 16.4. The molecule has 1 aromatic carbocycles. The van der Waals surface area contributed by atoms with E-state index in [1.165, 1.54) is 22.5 Å². The summed E-state index contributed by atoms with van der Waals surface area (Å²) < 4.78 is 39.8. The predicted octanol–water partition coefficient (Wildman–Crippen LogP) is 0.871. The molecule has 2 N–H and O–H groups in total. The van der Waals surface area contributed by atoms with Gasteiger partial charge in [0.15, 0.2) is 0 Å². The van der Waals surface area contributed by atoms with Gasteiger partial charge in [-0.25, -0.2) is 12.8 Å². The quantitative estimate of drug-likeness (QED) is 0.875. The summed E-state index contributed by atoms with van der Waals surface area (Å²) in [6.07, 6.45) is 1.69. The molecular weight excluding hydrogens is 293 g/mol. The van der Waals surface area contributed by atoms with Crippen molar-refractivity contribution in [2.24, 2.45) is 5.73 Å². The molecule has 0 radical (unpaired) electrons. The van der Waals surface area contributed by atoms with Gasteiger partial charge in [0.25, 0.3) is 0 Å². The van der Waals surface area contributed by atoms with Crippen LogP contribution in [0.1, 0.15) is 12.8 Å². The van der Waals surface area contributed by atoms with Crippen molar-refractivity contribution in [3.8, 4) is 0 Å². The van der Waals surface area contributed by atoms with Crippen LogP contribution in [0.4, 0.5) is 4.39 Å². The number of benzene rings is 1. The van der Waals surface area contributed by atoms with Crippen LogP contribution in [0.2, 0.25) is 0 Å². The lowest BCUT2D eigenvalue weighted by Crippen LogP contribution is -2.35. The number of sulfonamides is 1. The van der Waals surface area contributed by atoms with Gasteiger partial charge in [0.2, 0.25) is 10.0 Å². The minimum atomic E-state index is -3.61. The van der Waals surface area contributed by atoms with Crippen molar-refractivity contribution in [3.05, 3.63) is 30.1 Å². The van der Waals surface area contributed by atoms with Crippen molar-refractivity contribution < 1.29 is 12.8 Å². The highest BCUT2D eigenvalue weighted by Gasteiger charge is 2.26. The number of hydrogen-bond donors (Lipinski definition) is 1. The lowest BCUT2D eigenvalue weighted by atomic mass is 10.3. The van der Waals surface area contributed by atoms with Crippen LogP contribution in [-0.2, 0) is 10.0 Å². The van der Waals surface area contributed by atoms with Crippen LogP contribution in [0.25, 0.3) is 0 Å². The molecule has 0 spiro atoms. The Kier molecular flexibility index (Phi) is 5.69. The normalized spacial score (nSPS) is 18.6. The number of nitrogens with two attached hydrogens (primary N) is 1. The average Bonchev–Trinajstić information content (AvgIpc) is 2.71. The Labute approximate surface area is 125 Å². The van der Waals surface area contributed by atoms with Gasteiger partial charge in [-0.15, -0.1) is 0 Å². The summed E-state index contributed by atoms with van der Waals surface area (Å²) in [7, 11) is -3.61. The first-order chi connectivity index (χ1) is 10.0. The van der Waals surface area contributed by atoms with E-state index in [4.69, 9.17) is 5.73 Å². The van der Waals surface area contributed by atoms with Crippen LogP contribution in [-0.4, -0.2) is 56.9 Å². The average molecular weight is 315 g/mol. The van der Waals surface area contributed by atoms with Crippen molar-refractivity contribution in [1.82, 2.24) is 9.21 Å². The van der Waals surface area contributed by atoms with E-state index >= 15 is 0 Å². The van der Waals surface area contributed by atoms with Gasteiger partial charge in [-0.05, 0) is 50.7 Å². The zero-order valence-corrected chi connectivity index (χ0v) is 12.9. The van der Waals surface area contributed by atoms with Crippen molar-refractivity contribution in [2.45, 2.75) is 17.7 Å². The smallest absolute Gasteiger partial charge is 0.243 e. The highest BCUT2D eigenvalue weighted by atomic mass is 32.2. The van der Waals surface area contributed by atoms with Gasteiger partial charge in [0, 0.05) is 19.6 Å². The molecule has 0 bridgehead atoms. The lowest BCUT2D eigenvalue weighted by Gasteiger charge is -2.21. The molecule has 1 aromatic rings. The van der Waals surface area contributed by atoms with Crippen molar-refractivity contribution in [2.75, 3.05) is 39.3 Å². The van der Waals surface area contributed by atoms with Crippen LogP contribution in [0.15, 0.2) is 29.2 Å². The summed E-state index contributed by atoms with van der Waals surface area (Å²) in [6.45, 7) is 4.00. The molecule has 1 heterocycles. The molecule has 2 rings (SSSR count). The Morgan fingerprint density at radius 2 is 2.00 bits per heavy atom. The van der Waals surface area contributed by atoms with E-state index in [1.54, 1.807) is 0 Å². The zero-order chi connectivity index (χ0) is 15.3. The van der Waals surface area contributed by atoms with Gasteiger partial charge >= 0.3 is 0 Å². The number of hydrogen-bond acceptors (Lipinski definition) is 4. The van der Waals surface area contributed by atoms with Gasteiger partial charge in [0.05, 0.1) is 4.90 Å². The summed E-state index contributed by atoms with van der Waals surface area (Å²) in [6, 6.07) is 5.19. The van der Waals surface area contributed by atoms with Crippen LogP contribution in [0.3, 0.4) is 0 Å². The third-order valence-corrected chi connectivity index (χ3v) is 5.55. The highest BCUT2D eigenvalue weighted by molar-refractivity contribution is 7.89. The fraction of sp³-hybridized carbons (Fsp3) is 0.571. The maximum absolute atomic E-state index is 13.2. The first-order valence-corrected chi connectivity index (χ1v) is 8.66. The largest absolute Gasteiger partial charge is 0.330 e. The van der Waals surface area contributed by atoms with Crippen LogP contribution in [0, 0.1) is 5.82 Å². The molecule has 0 atom stereocenters. The van der Waals surface area contributed by atoms with Crippen molar-refractivity contribution in [3.63, 3.8) is 0 Å². The van der Waals surface area contributed by atoms with Gasteiger partial charge in [-0.2, -0.15) is 4.31 Å². The molecule has 0 unspecified atom stereocenters. The van der Waals surface area contributed by atoms with Crippen LogP contribution in [0.5, 0.6) is 0 Å². The van der Waals surface area contributed by atoms with E-state index in [0.29, 0.717) is 26.2 Å². The Balaban J connectivity index is 2.07. The van der Waals surface area contributed by atoms with E-state index in [2.05, 4.69) is 4.90 Å². The molecule has 1 saturated heterocycles. The molecule has 0 amide bonds. The van der Waals surface area contributed by atoms with Gasteiger partial charge in [-0.3, -0.25) is 0 Å². The number of halogens is 1. The van der Waals surface area contributed by atoms with E-state index in [0.717, 1.165) is 32.0 Å². The minimum Gasteiger partial charge on any atom is -0.330 e. The number of nitrogens with zero attached hydrogens (tertiary/aromatic N) is 2. The monoisotopic (exact) mass is 315 g/mol. The molecule has 21 heavy (non-hydrogen) atoms. The molecule has 1 fully saturated rings. The maximum atomic E-state index is 13.2. The van der Waals surface area contributed by atoms with E-state index < -0.39 is 15.8 Å². The van der Waals surface area contributed by atoms with E-state index in [-0.39, 0.29) is 4.90 Å². The Morgan fingerprint density at radius 1 is 1.19 bits per heavy atom. The third-order valence-electron chi connectivity index (χ3n) is 3.66. The van der Waals surface area contributed by atoms with Crippen molar-refractivity contribution >= 4 is 10.0 Å². The molecule has 5 nitrogen and oxygen atoms in total. The summed E-state index contributed by atoms with van der Waals surface area (Å²) in [4.78, 5) is 2.26. The highest BCUT2D eigenvalue weighted by Crippen LogP contribution is 2.18. The lowest BCUT2D eigenvalue weighted by molar-refractivity contribution is 0.284. The molecule has 1 aliphatic rings. The van der Waals surface area contributed by atoms with Gasteiger partial charge in [-0.1, -0.05) is 6.07 Å². The van der Waals surface area contributed by atoms with Gasteiger partial charge in [0.1, 0.15) is 5.82 Å². The molecule has 118 valence electrons. The first-order valence-electron chi connectivity index (χ1n) is 7.22. The second kappa shape index (κ2) is 7.31. The fourth-order valence-corrected chi connectivity index (χ4v) is 4.00. The SMILES string of the molecule is NCCCN1CCCN(S(=O)(=O)c2cccc(F)c2)CC1. The van der Waals surface area contributed by atoms with E-state index in [1.807, 2.05) is 0 Å². The molecule has 0 aliphatic carbocycles. The third kappa shape index (κ3) is 4.23. The van der Waals surface area contributed by atoms with E-state index in [9.17, 15) is 12.8 Å². The van der Waals surface area contributed by atoms with Crippen LogP contribution < -0.4 is 5.73 Å². The molecule has 1 aliphatic heterocycles. The second-order valence-electron chi connectivity index (χ2n) is 5.20. The summed E-state index contributed by atoms with van der Waals surface area (Å²) in [5.41, 5.74) is 5.50.